The minimum absolute atomic E-state index is 0.160. The van der Waals surface area contributed by atoms with Crippen LogP contribution in [0.1, 0.15) is 39.7 Å². The zero-order valence-corrected chi connectivity index (χ0v) is 12.5. The minimum Gasteiger partial charge on any atom is -0.478 e. The third-order valence-electron chi connectivity index (χ3n) is 3.49. The summed E-state index contributed by atoms with van der Waals surface area (Å²) in [5, 5.41) is 17.8. The van der Waals surface area contributed by atoms with E-state index in [1.165, 1.54) is 22.8 Å². The van der Waals surface area contributed by atoms with Crippen LogP contribution in [0.4, 0.5) is 5.00 Å². The molecule has 1 aliphatic heterocycles. The molecule has 1 fully saturated rings. The van der Waals surface area contributed by atoms with Gasteiger partial charge in [0, 0.05) is 24.8 Å². The lowest BCUT2D eigenvalue weighted by Crippen LogP contribution is -2.21. The summed E-state index contributed by atoms with van der Waals surface area (Å²) in [6, 6.07) is 3.35. The highest BCUT2D eigenvalue weighted by Crippen LogP contribution is 2.22. The van der Waals surface area contributed by atoms with E-state index >= 15 is 0 Å². The van der Waals surface area contributed by atoms with Crippen molar-refractivity contribution in [2.45, 2.75) is 18.9 Å². The molecule has 0 bridgehead atoms. The number of nitrogens with zero attached hydrogens (tertiary/aromatic N) is 2. The van der Waals surface area contributed by atoms with Crippen molar-refractivity contribution in [1.82, 2.24) is 9.78 Å². The molecule has 0 aromatic carbocycles. The summed E-state index contributed by atoms with van der Waals surface area (Å²) in [6.07, 6.45) is 3.56. The summed E-state index contributed by atoms with van der Waals surface area (Å²) in [5.41, 5.74) is 0.477. The van der Waals surface area contributed by atoms with E-state index in [1.807, 2.05) is 0 Å². The third-order valence-corrected chi connectivity index (χ3v) is 4.33. The van der Waals surface area contributed by atoms with Crippen LogP contribution < -0.4 is 5.32 Å². The van der Waals surface area contributed by atoms with Gasteiger partial charge in [-0.3, -0.25) is 9.48 Å². The monoisotopic (exact) mass is 321 g/mol. The van der Waals surface area contributed by atoms with Crippen molar-refractivity contribution in [2.24, 2.45) is 0 Å². The van der Waals surface area contributed by atoms with Crippen molar-refractivity contribution in [1.29, 1.82) is 0 Å². The Labute approximate surface area is 130 Å². The molecule has 0 radical (unpaired) electrons. The van der Waals surface area contributed by atoms with Crippen molar-refractivity contribution < 1.29 is 19.4 Å². The molecule has 116 valence electrons. The van der Waals surface area contributed by atoms with E-state index in [9.17, 15) is 9.59 Å². The Kier molecular flexibility index (Phi) is 4.21. The summed E-state index contributed by atoms with van der Waals surface area (Å²) >= 11 is 1.17. The number of carbonyl (C=O) groups is 2. The molecule has 0 spiro atoms. The highest BCUT2D eigenvalue weighted by molar-refractivity contribution is 7.14. The van der Waals surface area contributed by atoms with E-state index in [0.29, 0.717) is 23.9 Å². The van der Waals surface area contributed by atoms with Gasteiger partial charge in [-0.2, -0.15) is 5.10 Å². The second-order valence-electron chi connectivity index (χ2n) is 4.98. The maximum Gasteiger partial charge on any atom is 0.336 e. The van der Waals surface area contributed by atoms with E-state index in [1.54, 1.807) is 16.9 Å². The minimum atomic E-state index is -1.01. The number of amides is 1. The zero-order chi connectivity index (χ0) is 15.5. The molecule has 2 N–H and O–H groups in total. The zero-order valence-electron chi connectivity index (χ0n) is 11.7. The summed E-state index contributed by atoms with van der Waals surface area (Å²) in [6.45, 7) is 1.42. The number of hydrogen-bond acceptors (Lipinski definition) is 5. The van der Waals surface area contributed by atoms with Gasteiger partial charge in [-0.25, -0.2) is 4.79 Å². The Balaban J connectivity index is 1.66. The Morgan fingerprint density at radius 3 is 2.86 bits per heavy atom. The van der Waals surface area contributed by atoms with E-state index in [2.05, 4.69) is 10.4 Å². The average Bonchev–Trinajstić information content (AvgIpc) is 3.17. The number of nitrogens with one attached hydrogen (secondary N) is 1. The molecule has 22 heavy (non-hydrogen) atoms. The largest absolute Gasteiger partial charge is 0.478 e. The Hall–Kier alpha value is -2.19. The molecule has 1 saturated heterocycles. The molecule has 0 saturated carbocycles. The van der Waals surface area contributed by atoms with Gasteiger partial charge in [0.1, 0.15) is 0 Å². The van der Waals surface area contributed by atoms with Crippen LogP contribution in [0.25, 0.3) is 0 Å². The van der Waals surface area contributed by atoms with Gasteiger partial charge in [-0.1, -0.05) is 0 Å². The molecule has 2 aromatic rings. The lowest BCUT2D eigenvalue weighted by molar-refractivity contribution is 0.0660. The molecule has 3 rings (SSSR count). The van der Waals surface area contributed by atoms with Crippen LogP contribution in [0.2, 0.25) is 0 Å². The van der Waals surface area contributed by atoms with Gasteiger partial charge in [0.05, 0.1) is 16.6 Å². The Bertz CT molecular complexity index is 688. The fourth-order valence-electron chi connectivity index (χ4n) is 2.30. The fraction of sp³-hybridized carbons (Fsp3) is 0.357. The predicted octanol–water partition coefficient (Wildman–Crippen LogP) is 2.25. The first kappa shape index (κ1) is 14.7. The van der Waals surface area contributed by atoms with Crippen LogP contribution >= 0.6 is 11.3 Å². The first-order chi connectivity index (χ1) is 10.6. The quantitative estimate of drug-likeness (QED) is 0.901. The van der Waals surface area contributed by atoms with Gasteiger partial charge in [0.2, 0.25) is 0 Å². The lowest BCUT2D eigenvalue weighted by Gasteiger charge is -2.22. The van der Waals surface area contributed by atoms with E-state index in [-0.39, 0.29) is 17.5 Å². The molecule has 1 amide bonds. The normalized spacial score (nSPS) is 15.6. The molecular weight excluding hydrogens is 306 g/mol. The number of rotatable bonds is 4. The van der Waals surface area contributed by atoms with Crippen molar-refractivity contribution in [2.75, 3.05) is 18.5 Å². The summed E-state index contributed by atoms with van der Waals surface area (Å²) in [7, 11) is 0. The average molecular weight is 321 g/mol. The van der Waals surface area contributed by atoms with Crippen molar-refractivity contribution in [3.63, 3.8) is 0 Å². The molecular formula is C14H15N3O4S. The SMILES string of the molecule is O=C(O)c1csc(NC(=O)c2ccn(C3CCOCC3)n2)c1. The molecule has 0 aliphatic carbocycles. The van der Waals surface area contributed by atoms with Gasteiger partial charge in [0.25, 0.3) is 5.91 Å². The number of carbonyl (C=O) groups excluding carboxylic acids is 1. The summed E-state index contributed by atoms with van der Waals surface area (Å²) < 4.78 is 7.11. The standard InChI is InChI=1S/C14H15N3O4S/c18-13(15-12-7-9(8-22-12)14(19)20)11-1-4-17(16-11)10-2-5-21-6-3-10/h1,4,7-8,10H,2-3,5-6H2,(H,15,18)(H,19,20). The van der Waals surface area contributed by atoms with Gasteiger partial charge in [-0.15, -0.1) is 11.3 Å². The number of carboxylic acids is 1. The molecule has 2 aromatic heterocycles. The number of carboxylic acid groups (broad SMARTS) is 1. The van der Waals surface area contributed by atoms with E-state index in [0.717, 1.165) is 12.8 Å². The smallest absolute Gasteiger partial charge is 0.336 e. The van der Waals surface area contributed by atoms with Crippen LogP contribution in [0.3, 0.4) is 0 Å². The number of aromatic nitrogens is 2. The van der Waals surface area contributed by atoms with Gasteiger partial charge in [0.15, 0.2) is 5.69 Å². The van der Waals surface area contributed by atoms with Crippen LogP contribution in [-0.4, -0.2) is 40.0 Å². The maximum atomic E-state index is 12.1. The molecule has 1 aliphatic rings. The van der Waals surface area contributed by atoms with Crippen molar-refractivity contribution in [3.8, 4) is 0 Å². The second kappa shape index (κ2) is 6.29. The lowest BCUT2D eigenvalue weighted by atomic mass is 10.1. The number of hydrogen-bond donors (Lipinski definition) is 2. The molecule has 0 unspecified atom stereocenters. The molecule has 8 heteroatoms. The fourth-order valence-corrected chi connectivity index (χ4v) is 3.07. The van der Waals surface area contributed by atoms with Crippen LogP contribution in [-0.2, 0) is 4.74 Å². The third kappa shape index (κ3) is 3.18. The molecule has 0 atom stereocenters. The van der Waals surface area contributed by atoms with Crippen molar-refractivity contribution in [3.05, 3.63) is 35.0 Å². The molecule has 7 nitrogen and oxygen atoms in total. The Morgan fingerprint density at radius 2 is 2.18 bits per heavy atom. The summed E-state index contributed by atoms with van der Waals surface area (Å²) in [5.74, 6) is -1.36. The van der Waals surface area contributed by atoms with Gasteiger partial charge < -0.3 is 15.2 Å². The van der Waals surface area contributed by atoms with Crippen LogP contribution in [0, 0.1) is 0 Å². The predicted molar refractivity (Wildman–Crippen MR) is 80.5 cm³/mol. The van der Waals surface area contributed by atoms with Gasteiger partial charge >= 0.3 is 5.97 Å². The second-order valence-corrected chi connectivity index (χ2v) is 5.89. The van der Waals surface area contributed by atoms with Crippen molar-refractivity contribution >= 4 is 28.2 Å². The van der Waals surface area contributed by atoms with Crippen LogP contribution in [0.5, 0.6) is 0 Å². The number of ether oxygens (including phenoxy) is 1. The number of thiophene rings is 1. The first-order valence-electron chi connectivity index (χ1n) is 6.89. The highest BCUT2D eigenvalue weighted by Gasteiger charge is 2.18. The number of aromatic carboxylic acids is 1. The van der Waals surface area contributed by atoms with Crippen LogP contribution in [0.15, 0.2) is 23.7 Å². The van der Waals surface area contributed by atoms with E-state index < -0.39 is 5.97 Å². The highest BCUT2D eigenvalue weighted by atomic mass is 32.1. The topological polar surface area (TPSA) is 93.5 Å². The number of anilines is 1. The maximum absolute atomic E-state index is 12.1. The molecule has 3 heterocycles. The van der Waals surface area contributed by atoms with Gasteiger partial charge in [-0.05, 0) is 25.0 Å². The first-order valence-corrected chi connectivity index (χ1v) is 7.77. The summed E-state index contributed by atoms with van der Waals surface area (Å²) in [4.78, 5) is 23.0. The van der Waals surface area contributed by atoms with E-state index in [4.69, 9.17) is 9.84 Å². The Morgan fingerprint density at radius 1 is 1.41 bits per heavy atom.